The van der Waals surface area contributed by atoms with Crippen molar-refractivity contribution < 1.29 is 14.0 Å². The number of aryl methyl sites for hydroxylation is 1. The number of rotatable bonds is 5. The zero-order valence-corrected chi connectivity index (χ0v) is 16.5. The Kier molecular flexibility index (Phi) is 5.14. The fourth-order valence-electron chi connectivity index (χ4n) is 3.47. The number of hydrogen-bond donors (Lipinski definition) is 1. The third-order valence-corrected chi connectivity index (χ3v) is 5.79. The fourth-order valence-corrected chi connectivity index (χ4v) is 4.44. The van der Waals surface area contributed by atoms with Gasteiger partial charge >= 0.3 is 0 Å². The Morgan fingerprint density at radius 3 is 2.83 bits per heavy atom. The van der Waals surface area contributed by atoms with Crippen molar-refractivity contribution in [1.29, 1.82) is 0 Å². The van der Waals surface area contributed by atoms with Gasteiger partial charge in [0.2, 0.25) is 11.8 Å². The van der Waals surface area contributed by atoms with Gasteiger partial charge in [0.05, 0.1) is 5.92 Å². The van der Waals surface area contributed by atoms with E-state index >= 15 is 0 Å². The minimum absolute atomic E-state index is 0.118. The van der Waals surface area contributed by atoms with Crippen molar-refractivity contribution in [2.24, 2.45) is 5.92 Å². The smallest absolute Gasteiger partial charge is 0.258 e. The first-order valence-corrected chi connectivity index (χ1v) is 10.1. The maximum Gasteiger partial charge on any atom is 0.258 e. The third kappa shape index (κ3) is 3.91. The van der Waals surface area contributed by atoms with Crippen molar-refractivity contribution in [3.05, 3.63) is 63.3 Å². The van der Waals surface area contributed by atoms with Crippen LogP contribution in [0.2, 0.25) is 0 Å². The quantitative estimate of drug-likeness (QED) is 0.691. The average molecular weight is 414 g/mol. The van der Waals surface area contributed by atoms with E-state index in [1.54, 1.807) is 11.3 Å². The number of amides is 2. The summed E-state index contributed by atoms with van der Waals surface area (Å²) in [6.07, 6.45) is 0.603. The zero-order chi connectivity index (χ0) is 20.5. The first-order chi connectivity index (χ1) is 13.9. The van der Waals surface area contributed by atoms with Crippen LogP contribution in [0.4, 0.5) is 10.1 Å². The van der Waals surface area contributed by atoms with Crippen molar-refractivity contribution >= 4 is 33.8 Å². The molecule has 1 atom stereocenters. The van der Waals surface area contributed by atoms with Crippen LogP contribution in [-0.2, 0) is 16.0 Å². The highest BCUT2D eigenvalue weighted by atomic mass is 32.1. The molecule has 0 aliphatic carbocycles. The van der Waals surface area contributed by atoms with Crippen molar-refractivity contribution in [3.63, 3.8) is 0 Å². The van der Waals surface area contributed by atoms with Gasteiger partial charge in [-0.2, -0.15) is 0 Å². The topological polar surface area (TPSA) is 83.8 Å². The van der Waals surface area contributed by atoms with Gasteiger partial charge < -0.3 is 10.2 Å². The van der Waals surface area contributed by atoms with E-state index in [0.717, 1.165) is 5.69 Å². The molecule has 2 aromatic heterocycles. The van der Waals surface area contributed by atoms with E-state index in [1.165, 1.54) is 46.6 Å². The molecule has 3 heterocycles. The lowest BCUT2D eigenvalue weighted by Crippen LogP contribution is -2.34. The highest BCUT2D eigenvalue weighted by molar-refractivity contribution is 7.15. The van der Waals surface area contributed by atoms with Crippen LogP contribution in [0, 0.1) is 18.7 Å². The molecule has 1 aliphatic heterocycles. The number of fused-ring (bicyclic) bond motifs is 1. The van der Waals surface area contributed by atoms with Gasteiger partial charge in [0.15, 0.2) is 4.96 Å². The van der Waals surface area contributed by atoms with Gasteiger partial charge in [-0.1, -0.05) is 0 Å². The summed E-state index contributed by atoms with van der Waals surface area (Å²) >= 11 is 1.39. The Hall–Kier alpha value is -3.07. The van der Waals surface area contributed by atoms with E-state index in [0.29, 0.717) is 29.3 Å². The number of benzene rings is 1. The van der Waals surface area contributed by atoms with Crippen molar-refractivity contribution in [1.82, 2.24) is 14.7 Å². The number of nitrogens with one attached hydrogen (secondary N) is 1. The molecule has 0 bridgehead atoms. The van der Waals surface area contributed by atoms with Crippen LogP contribution in [0.1, 0.15) is 17.8 Å². The van der Waals surface area contributed by atoms with E-state index in [2.05, 4.69) is 10.3 Å². The van der Waals surface area contributed by atoms with Crippen molar-refractivity contribution in [3.8, 4) is 0 Å². The molecule has 150 valence electrons. The van der Waals surface area contributed by atoms with Crippen LogP contribution in [0.15, 0.2) is 40.5 Å². The molecule has 1 aromatic carbocycles. The largest absolute Gasteiger partial charge is 0.355 e. The zero-order valence-electron chi connectivity index (χ0n) is 15.7. The van der Waals surface area contributed by atoms with Crippen LogP contribution in [-0.4, -0.2) is 34.3 Å². The van der Waals surface area contributed by atoms with E-state index in [9.17, 15) is 18.8 Å². The van der Waals surface area contributed by atoms with E-state index < -0.39 is 5.92 Å². The number of hydrogen-bond acceptors (Lipinski definition) is 5. The molecule has 9 heteroatoms. The number of halogens is 1. The lowest BCUT2D eigenvalue weighted by Gasteiger charge is -2.16. The highest BCUT2D eigenvalue weighted by Gasteiger charge is 2.34. The molecule has 7 nitrogen and oxygen atoms in total. The lowest BCUT2D eigenvalue weighted by molar-refractivity contribution is -0.126. The Labute approximate surface area is 169 Å². The lowest BCUT2D eigenvalue weighted by atomic mass is 10.1. The van der Waals surface area contributed by atoms with E-state index in [-0.39, 0.29) is 36.2 Å². The van der Waals surface area contributed by atoms with E-state index in [1.807, 2.05) is 5.38 Å². The number of thiazole rings is 1. The Balaban J connectivity index is 1.36. The molecule has 1 saturated heterocycles. The second-order valence-corrected chi connectivity index (χ2v) is 7.84. The minimum Gasteiger partial charge on any atom is -0.355 e. The van der Waals surface area contributed by atoms with Gasteiger partial charge in [0.1, 0.15) is 5.82 Å². The third-order valence-electron chi connectivity index (χ3n) is 4.92. The number of carbonyl (C=O) groups is 2. The molecule has 1 N–H and O–H groups in total. The van der Waals surface area contributed by atoms with Crippen LogP contribution < -0.4 is 15.8 Å². The molecule has 1 aliphatic rings. The van der Waals surface area contributed by atoms with Crippen LogP contribution in [0.5, 0.6) is 0 Å². The molecule has 1 fully saturated rings. The Bertz CT molecular complexity index is 1140. The molecular formula is C20H19FN4O3S. The highest BCUT2D eigenvalue weighted by Crippen LogP contribution is 2.25. The molecule has 0 radical (unpaired) electrons. The predicted octanol–water partition coefficient (Wildman–Crippen LogP) is 1.92. The fraction of sp³-hybridized carbons (Fsp3) is 0.300. The molecular weight excluding hydrogens is 395 g/mol. The van der Waals surface area contributed by atoms with E-state index in [4.69, 9.17) is 0 Å². The average Bonchev–Trinajstić information content (AvgIpc) is 3.26. The first-order valence-electron chi connectivity index (χ1n) is 9.23. The van der Waals surface area contributed by atoms with Gasteiger partial charge in [-0.3, -0.25) is 18.8 Å². The molecule has 0 saturated carbocycles. The van der Waals surface area contributed by atoms with Crippen LogP contribution >= 0.6 is 11.3 Å². The summed E-state index contributed by atoms with van der Waals surface area (Å²) in [7, 11) is 0. The second kappa shape index (κ2) is 7.75. The molecule has 3 aromatic rings. The number of anilines is 1. The molecule has 1 unspecified atom stereocenters. The first kappa shape index (κ1) is 19.3. The normalized spacial score (nSPS) is 16.6. The van der Waals surface area contributed by atoms with Gasteiger partial charge in [-0.05, 0) is 31.2 Å². The summed E-state index contributed by atoms with van der Waals surface area (Å²) in [6.45, 7) is 2.39. The summed E-state index contributed by atoms with van der Waals surface area (Å²) in [4.78, 5) is 43.4. The van der Waals surface area contributed by atoms with Crippen LogP contribution in [0.3, 0.4) is 0 Å². The number of carbonyl (C=O) groups excluding carboxylic acids is 2. The standard InChI is InChI=1S/C20H19FN4O3S/c1-12-8-18(27)25-16(11-29-20(25)23-12)6-7-22-19(28)13-9-17(26)24(10-13)15-4-2-14(21)3-5-15/h2-5,8,11,13H,6-7,9-10H2,1H3,(H,22,28). The molecule has 29 heavy (non-hydrogen) atoms. The van der Waals surface area contributed by atoms with Gasteiger partial charge in [-0.15, -0.1) is 11.3 Å². The van der Waals surface area contributed by atoms with Gasteiger partial charge in [0.25, 0.3) is 5.56 Å². The molecule has 0 spiro atoms. The summed E-state index contributed by atoms with van der Waals surface area (Å²) in [6, 6.07) is 7.13. The summed E-state index contributed by atoms with van der Waals surface area (Å²) < 4.78 is 14.6. The van der Waals surface area contributed by atoms with Gasteiger partial charge in [0, 0.05) is 54.5 Å². The Morgan fingerprint density at radius 2 is 2.07 bits per heavy atom. The monoisotopic (exact) mass is 414 g/mol. The minimum atomic E-state index is -0.459. The van der Waals surface area contributed by atoms with Crippen molar-refractivity contribution in [2.75, 3.05) is 18.0 Å². The maximum absolute atomic E-state index is 13.1. The van der Waals surface area contributed by atoms with Crippen molar-refractivity contribution in [2.45, 2.75) is 19.8 Å². The second-order valence-electron chi connectivity index (χ2n) is 7.00. The Morgan fingerprint density at radius 1 is 1.31 bits per heavy atom. The van der Waals surface area contributed by atoms with Crippen LogP contribution in [0.25, 0.3) is 4.96 Å². The number of aromatic nitrogens is 2. The predicted molar refractivity (Wildman–Crippen MR) is 108 cm³/mol. The summed E-state index contributed by atoms with van der Waals surface area (Å²) in [5.41, 5.74) is 1.91. The summed E-state index contributed by atoms with van der Waals surface area (Å²) in [5, 5.41) is 4.72. The molecule has 4 rings (SSSR count). The SMILES string of the molecule is Cc1cc(=O)n2c(CCNC(=O)C3CC(=O)N(c4ccc(F)cc4)C3)csc2n1. The number of nitrogens with zero attached hydrogens (tertiary/aromatic N) is 3. The van der Waals surface area contributed by atoms with Gasteiger partial charge in [-0.25, -0.2) is 9.37 Å². The summed E-state index contributed by atoms with van der Waals surface area (Å²) in [5.74, 6) is -1.20. The maximum atomic E-state index is 13.1. The molecule has 2 amide bonds.